The van der Waals surface area contributed by atoms with Gasteiger partial charge in [0.1, 0.15) is 0 Å². The monoisotopic (exact) mass is 306 g/mol. The van der Waals surface area contributed by atoms with E-state index < -0.39 is 0 Å². The van der Waals surface area contributed by atoms with Crippen LogP contribution in [0.4, 0.5) is 0 Å². The molecule has 0 saturated heterocycles. The fraction of sp³-hybridized carbons (Fsp3) is 0.111. The van der Waals surface area contributed by atoms with E-state index in [2.05, 4.69) is 59.7 Å². The number of thiophene rings is 1. The molecule has 1 aromatic carbocycles. The first-order valence-corrected chi connectivity index (χ1v) is 5.96. The molecule has 0 N–H and O–H groups in total. The number of hydrogen-bond acceptors (Lipinski definition) is 2. The molecule has 62 valence electrons. The van der Waals surface area contributed by atoms with Crippen molar-refractivity contribution in [3.8, 4) is 0 Å². The number of fused-ring (bicyclic) bond motifs is 1. The Labute approximate surface area is 94.5 Å². The van der Waals surface area contributed by atoms with Crippen LogP contribution in [0.25, 0.3) is 10.1 Å². The minimum Gasteiger partial charge on any atom is -0.143 e. The average molecular weight is 306 g/mol. The minimum atomic E-state index is 1.11. The van der Waals surface area contributed by atoms with Gasteiger partial charge in [-0.05, 0) is 52.6 Å². The van der Waals surface area contributed by atoms with Crippen LogP contribution < -0.4 is 0 Å². The number of rotatable bonds is 0. The van der Waals surface area contributed by atoms with Gasteiger partial charge < -0.3 is 0 Å². The van der Waals surface area contributed by atoms with Gasteiger partial charge in [-0.1, -0.05) is 0 Å². The summed E-state index contributed by atoms with van der Waals surface area (Å²) in [4.78, 5) is 1.11. The molecular formula is C9H7IS2. The van der Waals surface area contributed by atoms with Crippen LogP contribution in [0.15, 0.2) is 22.4 Å². The molecule has 12 heavy (non-hydrogen) atoms. The molecule has 0 atom stereocenters. The maximum absolute atomic E-state index is 4.48. The van der Waals surface area contributed by atoms with E-state index in [0.29, 0.717) is 0 Å². The Morgan fingerprint density at radius 1 is 1.50 bits per heavy atom. The van der Waals surface area contributed by atoms with Gasteiger partial charge in [0.05, 0.1) is 0 Å². The Bertz CT molecular complexity index is 431. The highest BCUT2D eigenvalue weighted by Crippen LogP contribution is 2.32. The predicted octanol–water partition coefficient (Wildman–Crippen LogP) is 4.10. The summed E-state index contributed by atoms with van der Waals surface area (Å²) >= 11 is 8.58. The SMILES string of the molecule is Cc1cc(I)c(S)c2ccsc12. The molecule has 1 aromatic heterocycles. The Hall–Kier alpha value is 0.260. The van der Waals surface area contributed by atoms with Crippen molar-refractivity contribution in [1.29, 1.82) is 0 Å². The van der Waals surface area contributed by atoms with Crippen LogP contribution in [-0.2, 0) is 0 Å². The standard InChI is InChI=1S/C9H7IS2/c1-5-4-7(10)8(11)6-2-3-12-9(5)6/h2-4,11H,1H3. The maximum Gasteiger partial charge on any atom is 0.0383 e. The molecule has 0 radical (unpaired) electrons. The van der Waals surface area contributed by atoms with Crippen LogP contribution >= 0.6 is 46.6 Å². The summed E-state index contributed by atoms with van der Waals surface area (Å²) in [7, 11) is 0. The molecule has 0 spiro atoms. The van der Waals surface area contributed by atoms with Crippen molar-refractivity contribution in [1.82, 2.24) is 0 Å². The fourth-order valence-corrected chi connectivity index (χ4v) is 3.22. The van der Waals surface area contributed by atoms with E-state index in [-0.39, 0.29) is 0 Å². The predicted molar refractivity (Wildman–Crippen MR) is 66.5 cm³/mol. The maximum atomic E-state index is 4.48. The van der Waals surface area contributed by atoms with E-state index in [9.17, 15) is 0 Å². The van der Waals surface area contributed by atoms with E-state index in [1.54, 1.807) is 11.3 Å². The first-order valence-electron chi connectivity index (χ1n) is 3.55. The molecule has 0 unspecified atom stereocenters. The Morgan fingerprint density at radius 2 is 2.25 bits per heavy atom. The molecule has 0 bridgehead atoms. The van der Waals surface area contributed by atoms with Crippen molar-refractivity contribution < 1.29 is 0 Å². The lowest BCUT2D eigenvalue weighted by Crippen LogP contribution is -1.79. The van der Waals surface area contributed by atoms with E-state index in [1.807, 2.05) is 0 Å². The molecule has 3 heteroatoms. The van der Waals surface area contributed by atoms with Crippen LogP contribution in [-0.4, -0.2) is 0 Å². The Morgan fingerprint density at radius 3 is 3.00 bits per heavy atom. The van der Waals surface area contributed by atoms with E-state index in [4.69, 9.17) is 0 Å². The molecule has 0 aliphatic heterocycles. The van der Waals surface area contributed by atoms with Crippen molar-refractivity contribution in [2.45, 2.75) is 11.8 Å². The van der Waals surface area contributed by atoms with Crippen molar-refractivity contribution in [2.75, 3.05) is 0 Å². The second kappa shape index (κ2) is 3.20. The molecule has 2 aromatic rings. The Kier molecular flexibility index (Phi) is 2.35. The molecule has 0 aliphatic carbocycles. The number of halogens is 1. The van der Waals surface area contributed by atoms with Crippen molar-refractivity contribution in [2.24, 2.45) is 0 Å². The van der Waals surface area contributed by atoms with E-state index in [0.717, 1.165) is 4.90 Å². The van der Waals surface area contributed by atoms with Gasteiger partial charge in [-0.3, -0.25) is 0 Å². The lowest BCUT2D eigenvalue weighted by atomic mass is 10.2. The third-order valence-electron chi connectivity index (χ3n) is 1.85. The second-order valence-corrected chi connectivity index (χ2v) is 5.21. The summed E-state index contributed by atoms with van der Waals surface area (Å²) in [6.07, 6.45) is 0. The van der Waals surface area contributed by atoms with Crippen molar-refractivity contribution in [3.05, 3.63) is 26.6 Å². The fourth-order valence-electron chi connectivity index (χ4n) is 1.25. The van der Waals surface area contributed by atoms with Gasteiger partial charge in [0.2, 0.25) is 0 Å². The summed E-state index contributed by atoms with van der Waals surface area (Å²) in [6, 6.07) is 4.32. The topological polar surface area (TPSA) is 0 Å². The van der Waals surface area contributed by atoms with Crippen molar-refractivity contribution >= 4 is 56.6 Å². The molecule has 1 heterocycles. The zero-order valence-electron chi connectivity index (χ0n) is 6.47. The van der Waals surface area contributed by atoms with Gasteiger partial charge in [-0.15, -0.1) is 24.0 Å². The highest BCUT2D eigenvalue weighted by molar-refractivity contribution is 14.1. The van der Waals surface area contributed by atoms with Gasteiger partial charge >= 0.3 is 0 Å². The van der Waals surface area contributed by atoms with E-state index >= 15 is 0 Å². The summed E-state index contributed by atoms with van der Waals surface area (Å²) in [6.45, 7) is 2.15. The third-order valence-corrected chi connectivity index (χ3v) is 4.66. The number of benzene rings is 1. The van der Waals surface area contributed by atoms with Crippen molar-refractivity contribution in [3.63, 3.8) is 0 Å². The first-order chi connectivity index (χ1) is 5.70. The van der Waals surface area contributed by atoms with Gasteiger partial charge in [0.25, 0.3) is 0 Å². The Balaban J connectivity index is 2.97. The van der Waals surface area contributed by atoms with Gasteiger partial charge in [0, 0.05) is 18.6 Å². The smallest absolute Gasteiger partial charge is 0.0383 e. The minimum absolute atomic E-state index is 1.11. The normalized spacial score (nSPS) is 10.9. The molecule has 0 aliphatic rings. The summed E-state index contributed by atoms with van der Waals surface area (Å²) in [5, 5.41) is 3.40. The zero-order chi connectivity index (χ0) is 8.72. The molecule has 0 saturated carbocycles. The largest absolute Gasteiger partial charge is 0.143 e. The summed E-state index contributed by atoms with van der Waals surface area (Å²) in [5.41, 5.74) is 1.35. The zero-order valence-corrected chi connectivity index (χ0v) is 10.3. The molecule has 0 amide bonds. The lowest BCUT2D eigenvalue weighted by Gasteiger charge is -2.01. The first kappa shape index (κ1) is 8.84. The van der Waals surface area contributed by atoms with Crippen LogP contribution in [0, 0.1) is 10.5 Å². The van der Waals surface area contributed by atoms with Crippen LogP contribution in [0.1, 0.15) is 5.56 Å². The third kappa shape index (κ3) is 1.28. The summed E-state index contributed by atoms with van der Waals surface area (Å²) in [5.74, 6) is 0. The summed E-state index contributed by atoms with van der Waals surface area (Å²) < 4.78 is 2.60. The second-order valence-electron chi connectivity index (χ2n) is 2.69. The molecule has 0 fully saturated rings. The lowest BCUT2D eigenvalue weighted by molar-refractivity contribution is 1.43. The highest BCUT2D eigenvalue weighted by atomic mass is 127. The van der Waals surface area contributed by atoms with Gasteiger partial charge in [0.15, 0.2) is 0 Å². The van der Waals surface area contributed by atoms with E-state index in [1.165, 1.54) is 19.2 Å². The van der Waals surface area contributed by atoms with Crippen LogP contribution in [0.5, 0.6) is 0 Å². The molecule has 2 rings (SSSR count). The molecular weight excluding hydrogens is 299 g/mol. The van der Waals surface area contributed by atoms with Crippen LogP contribution in [0.3, 0.4) is 0 Å². The molecule has 0 nitrogen and oxygen atoms in total. The van der Waals surface area contributed by atoms with Crippen LogP contribution in [0.2, 0.25) is 0 Å². The highest BCUT2D eigenvalue weighted by Gasteiger charge is 2.05. The number of thiol groups is 1. The number of aryl methyl sites for hydroxylation is 1. The van der Waals surface area contributed by atoms with Gasteiger partial charge in [-0.25, -0.2) is 0 Å². The quantitative estimate of drug-likeness (QED) is 0.550. The van der Waals surface area contributed by atoms with Gasteiger partial charge in [-0.2, -0.15) is 0 Å². The average Bonchev–Trinajstić information content (AvgIpc) is 2.48. The number of hydrogen-bond donors (Lipinski definition) is 1.